The first-order chi connectivity index (χ1) is 17.2. The normalized spacial score (nSPS) is 14.0. The van der Waals surface area contributed by atoms with Gasteiger partial charge in [-0.25, -0.2) is 9.97 Å². The quantitative estimate of drug-likeness (QED) is 0.308. The second-order valence-corrected chi connectivity index (χ2v) is 8.94. The van der Waals surface area contributed by atoms with Crippen molar-refractivity contribution in [3.05, 3.63) is 71.2 Å². The zero-order chi connectivity index (χ0) is 24.0. The molecule has 0 radical (unpaired) electrons. The van der Waals surface area contributed by atoms with Crippen LogP contribution in [-0.4, -0.2) is 41.4 Å². The van der Waals surface area contributed by atoms with Gasteiger partial charge in [-0.15, -0.1) is 0 Å². The fourth-order valence-electron chi connectivity index (χ4n) is 3.87. The summed E-state index contributed by atoms with van der Waals surface area (Å²) in [4.78, 5) is 13.1. The molecule has 5 rings (SSSR count). The lowest BCUT2D eigenvalue weighted by molar-refractivity contribution is 0.0261. The first-order valence-corrected chi connectivity index (χ1v) is 12.1. The van der Waals surface area contributed by atoms with Crippen LogP contribution in [0.5, 0.6) is 17.2 Å². The van der Waals surface area contributed by atoms with Crippen LogP contribution in [0.2, 0.25) is 0 Å². The standard InChI is InChI=1S/C26H25BrN4O4/c1-32-19-2-3-21(27)22(12-19)31-26-25-23(29-16-30-26)13-20(34-15-17-4-8-28-9-5-17)14-24(25)35-18-6-10-33-11-7-18/h2-5,8-9,12-14,16,18H,6-7,10-11,15H2,1H3,(H,29,30,31). The van der Waals surface area contributed by atoms with Crippen molar-refractivity contribution in [1.82, 2.24) is 15.0 Å². The average Bonchev–Trinajstić information content (AvgIpc) is 2.90. The fraction of sp³-hybridized carbons (Fsp3) is 0.269. The highest BCUT2D eigenvalue weighted by molar-refractivity contribution is 9.10. The molecular weight excluding hydrogens is 512 g/mol. The Morgan fingerprint density at radius 1 is 1.03 bits per heavy atom. The van der Waals surface area contributed by atoms with Gasteiger partial charge >= 0.3 is 0 Å². The van der Waals surface area contributed by atoms with Gasteiger partial charge in [-0.05, 0) is 45.8 Å². The predicted molar refractivity (Wildman–Crippen MR) is 137 cm³/mol. The van der Waals surface area contributed by atoms with E-state index in [-0.39, 0.29) is 6.10 Å². The molecule has 8 nitrogen and oxygen atoms in total. The van der Waals surface area contributed by atoms with Crippen molar-refractivity contribution in [2.24, 2.45) is 0 Å². The smallest absolute Gasteiger partial charge is 0.145 e. The van der Waals surface area contributed by atoms with E-state index < -0.39 is 0 Å². The Hall–Kier alpha value is -3.43. The lowest BCUT2D eigenvalue weighted by Crippen LogP contribution is -2.26. The lowest BCUT2D eigenvalue weighted by atomic mass is 10.1. The maximum atomic E-state index is 6.49. The second kappa shape index (κ2) is 10.9. The van der Waals surface area contributed by atoms with E-state index in [4.69, 9.17) is 18.9 Å². The molecule has 2 aromatic heterocycles. The molecule has 0 bridgehead atoms. The third-order valence-corrected chi connectivity index (χ3v) is 6.41. The summed E-state index contributed by atoms with van der Waals surface area (Å²) >= 11 is 3.60. The largest absolute Gasteiger partial charge is 0.497 e. The van der Waals surface area contributed by atoms with Crippen molar-refractivity contribution in [3.8, 4) is 17.2 Å². The highest BCUT2D eigenvalue weighted by Crippen LogP contribution is 2.38. The number of ether oxygens (including phenoxy) is 4. The van der Waals surface area contributed by atoms with Gasteiger partial charge in [0, 0.05) is 47.9 Å². The number of nitrogens with zero attached hydrogens (tertiary/aromatic N) is 3. The van der Waals surface area contributed by atoms with Crippen LogP contribution in [-0.2, 0) is 11.3 Å². The van der Waals surface area contributed by atoms with E-state index in [1.165, 1.54) is 6.33 Å². The number of pyridine rings is 1. The molecule has 180 valence electrons. The number of hydrogen-bond donors (Lipinski definition) is 1. The van der Waals surface area contributed by atoms with E-state index in [0.29, 0.717) is 37.1 Å². The number of methoxy groups -OCH3 is 1. The zero-order valence-electron chi connectivity index (χ0n) is 19.2. The SMILES string of the molecule is COc1ccc(Br)c(Nc2ncnc3cc(OCc4ccncc4)cc(OC4CCOCC4)c23)c1. The van der Waals surface area contributed by atoms with Gasteiger partial charge in [0.05, 0.1) is 36.9 Å². The van der Waals surface area contributed by atoms with Gasteiger partial charge in [0.25, 0.3) is 0 Å². The Morgan fingerprint density at radius 3 is 2.66 bits per heavy atom. The van der Waals surface area contributed by atoms with Crippen LogP contribution in [0, 0.1) is 0 Å². The predicted octanol–water partition coefficient (Wildman–Crippen LogP) is 5.68. The molecule has 1 saturated heterocycles. The molecule has 1 fully saturated rings. The molecule has 1 aliphatic rings. The van der Waals surface area contributed by atoms with Crippen molar-refractivity contribution in [2.45, 2.75) is 25.6 Å². The molecule has 9 heteroatoms. The van der Waals surface area contributed by atoms with Crippen molar-refractivity contribution in [1.29, 1.82) is 0 Å². The average molecular weight is 537 g/mol. The number of fused-ring (bicyclic) bond motifs is 1. The van der Waals surface area contributed by atoms with E-state index in [2.05, 4.69) is 36.2 Å². The minimum atomic E-state index is 0.0407. The number of aromatic nitrogens is 3. The van der Waals surface area contributed by atoms with Gasteiger partial charge in [0.2, 0.25) is 0 Å². The number of nitrogens with one attached hydrogen (secondary N) is 1. The van der Waals surface area contributed by atoms with E-state index in [9.17, 15) is 0 Å². The van der Waals surface area contributed by atoms with Crippen LogP contribution in [0.3, 0.4) is 0 Å². The maximum absolute atomic E-state index is 6.49. The van der Waals surface area contributed by atoms with E-state index in [0.717, 1.165) is 45.2 Å². The third kappa shape index (κ3) is 5.63. The number of hydrogen-bond acceptors (Lipinski definition) is 8. The van der Waals surface area contributed by atoms with E-state index >= 15 is 0 Å². The number of benzene rings is 2. The molecule has 3 heterocycles. The number of halogens is 1. The van der Waals surface area contributed by atoms with Crippen LogP contribution in [0.15, 0.2) is 65.7 Å². The van der Waals surface area contributed by atoms with Gasteiger partial charge in [0.1, 0.15) is 42.1 Å². The summed E-state index contributed by atoms with van der Waals surface area (Å²) in [5.74, 6) is 2.70. The molecule has 0 saturated carbocycles. The Bertz CT molecular complexity index is 1300. The molecule has 0 amide bonds. The summed E-state index contributed by atoms with van der Waals surface area (Å²) in [5.41, 5.74) is 2.56. The van der Waals surface area contributed by atoms with Crippen LogP contribution < -0.4 is 19.5 Å². The summed E-state index contributed by atoms with van der Waals surface area (Å²) in [6.45, 7) is 1.77. The van der Waals surface area contributed by atoms with Crippen LogP contribution in [0.1, 0.15) is 18.4 Å². The van der Waals surface area contributed by atoms with Gasteiger partial charge in [-0.1, -0.05) is 0 Å². The number of anilines is 2. The van der Waals surface area contributed by atoms with E-state index in [1.807, 2.05) is 42.5 Å². The summed E-state index contributed by atoms with van der Waals surface area (Å²) < 4.78 is 24.4. The lowest BCUT2D eigenvalue weighted by Gasteiger charge is -2.25. The Labute approximate surface area is 211 Å². The molecule has 0 spiro atoms. The minimum Gasteiger partial charge on any atom is -0.497 e. The fourth-order valence-corrected chi connectivity index (χ4v) is 4.22. The Morgan fingerprint density at radius 2 is 1.86 bits per heavy atom. The third-order valence-electron chi connectivity index (χ3n) is 5.72. The van der Waals surface area contributed by atoms with Crippen LogP contribution in [0.4, 0.5) is 11.5 Å². The summed E-state index contributed by atoms with van der Waals surface area (Å²) in [6.07, 6.45) is 6.72. The van der Waals surface area contributed by atoms with Gasteiger partial charge in [-0.2, -0.15) is 0 Å². The molecule has 1 N–H and O–H groups in total. The molecule has 2 aromatic carbocycles. The topological polar surface area (TPSA) is 87.6 Å². The van der Waals surface area contributed by atoms with Crippen molar-refractivity contribution in [2.75, 3.05) is 25.6 Å². The molecule has 1 aliphatic heterocycles. The van der Waals surface area contributed by atoms with Crippen molar-refractivity contribution in [3.63, 3.8) is 0 Å². The maximum Gasteiger partial charge on any atom is 0.145 e. The van der Waals surface area contributed by atoms with Gasteiger partial charge in [0.15, 0.2) is 0 Å². The monoisotopic (exact) mass is 536 g/mol. The molecule has 4 aromatic rings. The Kier molecular flexibility index (Phi) is 7.25. The Balaban J connectivity index is 1.52. The van der Waals surface area contributed by atoms with Crippen molar-refractivity contribution >= 4 is 38.3 Å². The zero-order valence-corrected chi connectivity index (χ0v) is 20.8. The van der Waals surface area contributed by atoms with Crippen molar-refractivity contribution < 1.29 is 18.9 Å². The highest BCUT2D eigenvalue weighted by Gasteiger charge is 2.20. The first-order valence-electron chi connectivity index (χ1n) is 11.3. The summed E-state index contributed by atoms with van der Waals surface area (Å²) in [7, 11) is 1.64. The molecule has 0 atom stereocenters. The molecular formula is C26H25BrN4O4. The van der Waals surface area contributed by atoms with E-state index in [1.54, 1.807) is 19.5 Å². The molecule has 0 aliphatic carbocycles. The first kappa shape index (κ1) is 23.3. The summed E-state index contributed by atoms with van der Waals surface area (Å²) in [6, 6.07) is 13.4. The molecule has 35 heavy (non-hydrogen) atoms. The number of rotatable bonds is 8. The highest BCUT2D eigenvalue weighted by atomic mass is 79.9. The molecule has 0 unspecified atom stereocenters. The van der Waals surface area contributed by atoms with Crippen LogP contribution >= 0.6 is 15.9 Å². The second-order valence-electron chi connectivity index (χ2n) is 8.08. The van der Waals surface area contributed by atoms with Gasteiger partial charge < -0.3 is 24.3 Å². The van der Waals surface area contributed by atoms with Gasteiger partial charge in [-0.3, -0.25) is 4.98 Å². The van der Waals surface area contributed by atoms with Crippen LogP contribution in [0.25, 0.3) is 10.9 Å². The summed E-state index contributed by atoms with van der Waals surface area (Å²) in [5, 5.41) is 4.20. The minimum absolute atomic E-state index is 0.0407.